The largest absolute Gasteiger partial charge is 0.504 e. The third-order valence-corrected chi connectivity index (χ3v) is 3.33. The van der Waals surface area contributed by atoms with Gasteiger partial charge in [0.25, 0.3) is 0 Å². The van der Waals surface area contributed by atoms with Crippen LogP contribution in [0.15, 0.2) is 42.0 Å². The van der Waals surface area contributed by atoms with E-state index < -0.39 is 0 Å². The molecule has 0 heterocycles. The molecular weight excluding hydrogens is 268 g/mol. The van der Waals surface area contributed by atoms with Crippen molar-refractivity contribution in [3.05, 3.63) is 47.6 Å². The van der Waals surface area contributed by atoms with Crippen molar-refractivity contribution in [1.82, 2.24) is 0 Å². The van der Waals surface area contributed by atoms with Crippen LogP contribution in [-0.4, -0.2) is 22.8 Å². The number of carbonyl (C=O) groups excluding carboxylic acids is 1. The van der Waals surface area contributed by atoms with Crippen molar-refractivity contribution in [2.45, 2.75) is 32.1 Å². The summed E-state index contributed by atoms with van der Waals surface area (Å²) in [4.78, 5) is 11.7. The van der Waals surface area contributed by atoms with Crippen molar-refractivity contribution in [3.63, 3.8) is 0 Å². The first-order valence-corrected chi connectivity index (χ1v) is 7.17. The Hall–Kier alpha value is -2.23. The van der Waals surface area contributed by atoms with E-state index in [0.717, 1.165) is 25.7 Å². The fourth-order valence-corrected chi connectivity index (χ4v) is 2.21. The van der Waals surface area contributed by atoms with E-state index in [-0.39, 0.29) is 23.9 Å². The van der Waals surface area contributed by atoms with E-state index >= 15 is 0 Å². The van der Waals surface area contributed by atoms with Crippen molar-refractivity contribution in [1.29, 1.82) is 0 Å². The molecule has 4 heteroatoms. The highest BCUT2D eigenvalue weighted by atomic mass is 16.5. The summed E-state index contributed by atoms with van der Waals surface area (Å²) in [7, 11) is 0. The van der Waals surface area contributed by atoms with Gasteiger partial charge in [-0.15, -0.1) is 0 Å². The first-order chi connectivity index (χ1) is 10.1. The van der Waals surface area contributed by atoms with Gasteiger partial charge in [0.2, 0.25) is 0 Å². The normalized spacial score (nSPS) is 13.8. The predicted octanol–water partition coefficient (Wildman–Crippen LogP) is 3.24. The zero-order valence-corrected chi connectivity index (χ0v) is 11.9. The lowest BCUT2D eigenvalue weighted by molar-refractivity contribution is -0.142. The Morgan fingerprint density at radius 1 is 1.19 bits per heavy atom. The molecule has 0 saturated heterocycles. The molecule has 0 spiro atoms. The Labute approximate surface area is 124 Å². The zero-order chi connectivity index (χ0) is 15.1. The molecule has 0 aliphatic heterocycles. The first-order valence-electron chi connectivity index (χ1n) is 7.17. The van der Waals surface area contributed by atoms with Crippen LogP contribution < -0.4 is 0 Å². The summed E-state index contributed by atoms with van der Waals surface area (Å²) in [6.07, 6.45) is 10.5. The quantitative estimate of drug-likeness (QED) is 0.479. The van der Waals surface area contributed by atoms with Crippen LogP contribution in [0, 0.1) is 0 Å². The molecule has 1 aliphatic carbocycles. The number of ether oxygens (including phenoxy) is 1. The standard InChI is InChI=1S/C17H20O4/c18-15-9-8-14(11-16(15)19)12-17(20)21-10-4-7-13-5-2-1-3-6-13/h2,5-6,8-9,11,18-19H,1,3-4,7,10,12H2. The van der Waals surface area contributed by atoms with E-state index in [1.807, 2.05) is 0 Å². The predicted molar refractivity (Wildman–Crippen MR) is 80.1 cm³/mol. The molecule has 0 unspecified atom stereocenters. The van der Waals surface area contributed by atoms with Gasteiger partial charge in [-0.1, -0.05) is 29.9 Å². The molecule has 0 atom stereocenters. The second-order valence-electron chi connectivity index (χ2n) is 5.08. The third kappa shape index (κ3) is 4.99. The number of carbonyl (C=O) groups is 1. The Bertz CT molecular complexity index is 558. The molecule has 1 aromatic carbocycles. The molecule has 21 heavy (non-hydrogen) atoms. The molecule has 2 rings (SSSR count). The van der Waals surface area contributed by atoms with Crippen LogP contribution >= 0.6 is 0 Å². The summed E-state index contributed by atoms with van der Waals surface area (Å²) in [5.41, 5.74) is 1.92. The lowest BCUT2D eigenvalue weighted by Gasteiger charge is -2.08. The van der Waals surface area contributed by atoms with Gasteiger partial charge in [-0.3, -0.25) is 4.79 Å². The summed E-state index contributed by atoms with van der Waals surface area (Å²) in [5, 5.41) is 18.6. The van der Waals surface area contributed by atoms with Gasteiger partial charge in [-0.2, -0.15) is 0 Å². The number of benzene rings is 1. The summed E-state index contributed by atoms with van der Waals surface area (Å²) in [6, 6.07) is 4.32. The zero-order valence-electron chi connectivity index (χ0n) is 11.9. The number of rotatable bonds is 6. The van der Waals surface area contributed by atoms with Crippen LogP contribution in [-0.2, 0) is 16.0 Å². The monoisotopic (exact) mass is 288 g/mol. The fourth-order valence-electron chi connectivity index (χ4n) is 2.21. The van der Waals surface area contributed by atoms with Gasteiger partial charge in [0.15, 0.2) is 11.5 Å². The maximum absolute atomic E-state index is 11.7. The van der Waals surface area contributed by atoms with Gasteiger partial charge in [0.1, 0.15) is 0 Å². The van der Waals surface area contributed by atoms with Crippen LogP contribution in [0.5, 0.6) is 11.5 Å². The second kappa shape index (κ2) is 7.53. The highest BCUT2D eigenvalue weighted by Gasteiger charge is 2.07. The van der Waals surface area contributed by atoms with Crippen molar-refractivity contribution < 1.29 is 19.7 Å². The maximum Gasteiger partial charge on any atom is 0.310 e. The van der Waals surface area contributed by atoms with E-state index in [4.69, 9.17) is 4.74 Å². The number of phenols is 2. The molecule has 0 fully saturated rings. The van der Waals surface area contributed by atoms with Crippen molar-refractivity contribution in [2.24, 2.45) is 0 Å². The lowest BCUT2D eigenvalue weighted by Crippen LogP contribution is -2.09. The number of allylic oxidation sites excluding steroid dienone is 4. The van der Waals surface area contributed by atoms with Crippen molar-refractivity contribution in [3.8, 4) is 11.5 Å². The molecule has 0 saturated carbocycles. The fraction of sp³-hybridized carbons (Fsp3) is 0.353. The topological polar surface area (TPSA) is 66.8 Å². The molecule has 4 nitrogen and oxygen atoms in total. The van der Waals surface area contributed by atoms with Gasteiger partial charge in [0.05, 0.1) is 13.0 Å². The van der Waals surface area contributed by atoms with E-state index in [2.05, 4.69) is 18.2 Å². The van der Waals surface area contributed by atoms with E-state index in [1.165, 1.54) is 17.7 Å². The average molecular weight is 288 g/mol. The van der Waals surface area contributed by atoms with E-state index in [9.17, 15) is 15.0 Å². The molecule has 0 radical (unpaired) electrons. The molecule has 0 bridgehead atoms. The molecule has 1 aromatic rings. The second-order valence-corrected chi connectivity index (χ2v) is 5.08. The van der Waals surface area contributed by atoms with Crippen LogP contribution in [0.2, 0.25) is 0 Å². The molecule has 0 amide bonds. The van der Waals surface area contributed by atoms with Gasteiger partial charge < -0.3 is 14.9 Å². The van der Waals surface area contributed by atoms with Gasteiger partial charge in [-0.05, 0) is 43.4 Å². The number of hydrogen-bond donors (Lipinski definition) is 2. The number of phenolic OH excluding ortho intramolecular Hbond substituents is 2. The minimum Gasteiger partial charge on any atom is -0.504 e. The smallest absolute Gasteiger partial charge is 0.310 e. The number of esters is 1. The maximum atomic E-state index is 11.7. The number of aromatic hydroxyl groups is 2. The number of hydrogen-bond acceptors (Lipinski definition) is 4. The Morgan fingerprint density at radius 3 is 2.76 bits per heavy atom. The van der Waals surface area contributed by atoms with Crippen molar-refractivity contribution >= 4 is 5.97 Å². The highest BCUT2D eigenvalue weighted by molar-refractivity contribution is 5.72. The molecule has 0 aromatic heterocycles. The molecular formula is C17H20O4. The van der Waals surface area contributed by atoms with Gasteiger partial charge in [0, 0.05) is 0 Å². The van der Waals surface area contributed by atoms with Crippen LogP contribution in [0.3, 0.4) is 0 Å². The van der Waals surface area contributed by atoms with Crippen LogP contribution in [0.4, 0.5) is 0 Å². The Balaban J connectivity index is 1.68. The SMILES string of the molecule is O=C(Cc1ccc(O)c(O)c1)OCCCC1=CCCC=C1. The highest BCUT2D eigenvalue weighted by Crippen LogP contribution is 2.25. The molecule has 112 valence electrons. The molecule has 1 aliphatic rings. The summed E-state index contributed by atoms with van der Waals surface area (Å²) >= 11 is 0. The van der Waals surface area contributed by atoms with E-state index in [0.29, 0.717) is 12.2 Å². The summed E-state index contributed by atoms with van der Waals surface area (Å²) < 4.78 is 5.17. The minimum atomic E-state index is -0.326. The van der Waals surface area contributed by atoms with Gasteiger partial charge in [-0.25, -0.2) is 0 Å². The summed E-state index contributed by atoms with van der Waals surface area (Å²) in [6.45, 7) is 0.397. The first kappa shape index (κ1) is 15.2. The van der Waals surface area contributed by atoms with Crippen LogP contribution in [0.25, 0.3) is 0 Å². The molecule has 2 N–H and O–H groups in total. The summed E-state index contributed by atoms with van der Waals surface area (Å²) in [5.74, 6) is -0.745. The Kier molecular flexibility index (Phi) is 5.43. The van der Waals surface area contributed by atoms with E-state index in [1.54, 1.807) is 6.07 Å². The minimum absolute atomic E-state index is 0.0937. The van der Waals surface area contributed by atoms with Crippen molar-refractivity contribution in [2.75, 3.05) is 6.61 Å². The lowest BCUT2D eigenvalue weighted by atomic mass is 10.0. The van der Waals surface area contributed by atoms with Crippen LogP contribution in [0.1, 0.15) is 31.2 Å². The average Bonchev–Trinajstić information content (AvgIpc) is 2.49. The van der Waals surface area contributed by atoms with Gasteiger partial charge >= 0.3 is 5.97 Å². The Morgan fingerprint density at radius 2 is 2.05 bits per heavy atom. The third-order valence-electron chi connectivity index (χ3n) is 3.33.